The van der Waals surface area contributed by atoms with Gasteiger partial charge < -0.3 is 15.0 Å². The van der Waals surface area contributed by atoms with E-state index in [1.165, 1.54) is 0 Å². The Morgan fingerprint density at radius 1 is 1.29 bits per heavy atom. The molecule has 5 nitrogen and oxygen atoms in total. The van der Waals surface area contributed by atoms with Crippen LogP contribution in [0.1, 0.15) is 20.3 Å². The van der Waals surface area contributed by atoms with Crippen molar-refractivity contribution in [3.63, 3.8) is 0 Å². The van der Waals surface area contributed by atoms with Crippen molar-refractivity contribution < 1.29 is 14.3 Å². The molecular formula is C16H22N2O3. The van der Waals surface area contributed by atoms with E-state index in [1.54, 1.807) is 4.90 Å². The maximum Gasteiger partial charge on any atom is 0.245 e. The summed E-state index contributed by atoms with van der Waals surface area (Å²) in [6.07, 6.45) is 0.348. The zero-order valence-corrected chi connectivity index (χ0v) is 12.5. The Morgan fingerprint density at radius 2 is 2.00 bits per heavy atom. The van der Waals surface area contributed by atoms with Gasteiger partial charge >= 0.3 is 0 Å². The maximum atomic E-state index is 12.4. The summed E-state index contributed by atoms with van der Waals surface area (Å²) in [5, 5.41) is 2.80. The standard InChI is InChI=1S/C16H22N2O3/c1-12(2)15-16(20)18(9-8-14(19)17-15)10-11-21-13-6-4-3-5-7-13/h3-7,12,15H,8-11H2,1-2H3,(H,17,19). The van der Waals surface area contributed by atoms with E-state index in [0.29, 0.717) is 26.1 Å². The van der Waals surface area contributed by atoms with Gasteiger partial charge in [0.2, 0.25) is 11.8 Å². The van der Waals surface area contributed by atoms with Crippen molar-refractivity contribution >= 4 is 11.8 Å². The number of nitrogens with zero attached hydrogens (tertiary/aromatic N) is 1. The molecule has 0 bridgehead atoms. The van der Waals surface area contributed by atoms with E-state index in [9.17, 15) is 9.59 Å². The maximum absolute atomic E-state index is 12.4. The first-order valence-electron chi connectivity index (χ1n) is 7.34. The van der Waals surface area contributed by atoms with Crippen LogP contribution in [0.3, 0.4) is 0 Å². The van der Waals surface area contributed by atoms with Gasteiger partial charge in [-0.15, -0.1) is 0 Å². The molecule has 0 saturated carbocycles. The molecule has 0 radical (unpaired) electrons. The monoisotopic (exact) mass is 290 g/mol. The molecule has 0 aliphatic carbocycles. The summed E-state index contributed by atoms with van der Waals surface area (Å²) in [5.41, 5.74) is 0. The minimum atomic E-state index is -0.434. The molecule has 1 aliphatic rings. The normalized spacial score (nSPS) is 19.4. The lowest BCUT2D eigenvalue weighted by atomic mass is 10.0. The van der Waals surface area contributed by atoms with E-state index in [-0.39, 0.29) is 17.7 Å². The Kier molecular flexibility index (Phi) is 5.20. The predicted molar refractivity (Wildman–Crippen MR) is 79.9 cm³/mol. The van der Waals surface area contributed by atoms with Crippen LogP contribution in [-0.4, -0.2) is 42.5 Å². The van der Waals surface area contributed by atoms with Crippen LogP contribution in [0, 0.1) is 5.92 Å². The quantitative estimate of drug-likeness (QED) is 0.892. The Hall–Kier alpha value is -2.04. The lowest BCUT2D eigenvalue weighted by Gasteiger charge is -2.26. The smallest absolute Gasteiger partial charge is 0.245 e. The van der Waals surface area contributed by atoms with Crippen molar-refractivity contribution in [2.45, 2.75) is 26.3 Å². The molecule has 1 unspecified atom stereocenters. The van der Waals surface area contributed by atoms with E-state index in [0.717, 1.165) is 5.75 Å². The fraction of sp³-hybridized carbons (Fsp3) is 0.500. The highest BCUT2D eigenvalue weighted by atomic mass is 16.5. The molecule has 2 amide bonds. The van der Waals surface area contributed by atoms with Crippen LogP contribution in [0.25, 0.3) is 0 Å². The molecule has 1 aromatic carbocycles. The molecule has 0 spiro atoms. The molecule has 5 heteroatoms. The van der Waals surface area contributed by atoms with Crippen molar-refractivity contribution in [1.29, 1.82) is 0 Å². The average molecular weight is 290 g/mol. The van der Waals surface area contributed by atoms with Gasteiger partial charge in [-0.2, -0.15) is 0 Å². The minimum absolute atomic E-state index is 0.0208. The topological polar surface area (TPSA) is 58.6 Å². The summed E-state index contributed by atoms with van der Waals surface area (Å²) in [5.74, 6) is 0.785. The highest BCUT2D eigenvalue weighted by Crippen LogP contribution is 2.12. The van der Waals surface area contributed by atoms with Crippen LogP contribution in [0.5, 0.6) is 5.75 Å². The average Bonchev–Trinajstić information content (AvgIpc) is 2.61. The second-order valence-electron chi connectivity index (χ2n) is 5.53. The second-order valence-corrected chi connectivity index (χ2v) is 5.53. The number of hydrogen-bond acceptors (Lipinski definition) is 3. The highest BCUT2D eigenvalue weighted by molar-refractivity contribution is 5.90. The summed E-state index contributed by atoms with van der Waals surface area (Å²) < 4.78 is 5.62. The summed E-state index contributed by atoms with van der Waals surface area (Å²) in [4.78, 5) is 25.8. The van der Waals surface area contributed by atoms with Gasteiger partial charge in [0.1, 0.15) is 18.4 Å². The molecule has 0 aromatic heterocycles. The van der Waals surface area contributed by atoms with Gasteiger partial charge in [0.15, 0.2) is 0 Å². The van der Waals surface area contributed by atoms with Crippen molar-refractivity contribution in [1.82, 2.24) is 10.2 Å². The highest BCUT2D eigenvalue weighted by Gasteiger charge is 2.31. The van der Waals surface area contributed by atoms with E-state index in [4.69, 9.17) is 4.74 Å². The molecule has 1 aliphatic heterocycles. The number of benzene rings is 1. The SMILES string of the molecule is CC(C)C1NC(=O)CCN(CCOc2ccccc2)C1=O. The van der Waals surface area contributed by atoms with Crippen LogP contribution in [0.4, 0.5) is 0 Å². The largest absolute Gasteiger partial charge is 0.492 e. The summed E-state index contributed by atoms with van der Waals surface area (Å²) >= 11 is 0. The zero-order chi connectivity index (χ0) is 15.2. The third kappa shape index (κ3) is 4.21. The lowest BCUT2D eigenvalue weighted by Crippen LogP contribution is -2.48. The van der Waals surface area contributed by atoms with Crippen LogP contribution >= 0.6 is 0 Å². The fourth-order valence-electron chi connectivity index (χ4n) is 2.31. The predicted octanol–water partition coefficient (Wildman–Crippen LogP) is 1.44. The zero-order valence-electron chi connectivity index (χ0n) is 12.5. The summed E-state index contributed by atoms with van der Waals surface area (Å²) in [6, 6.07) is 9.07. The molecule has 1 saturated heterocycles. The first kappa shape index (κ1) is 15.4. The molecule has 2 rings (SSSR count). The molecule has 21 heavy (non-hydrogen) atoms. The number of hydrogen-bond donors (Lipinski definition) is 1. The number of ether oxygens (including phenoxy) is 1. The number of amides is 2. The number of para-hydroxylation sites is 1. The molecule has 114 valence electrons. The van der Waals surface area contributed by atoms with Crippen LogP contribution in [-0.2, 0) is 9.59 Å². The van der Waals surface area contributed by atoms with Crippen LogP contribution in [0.15, 0.2) is 30.3 Å². The van der Waals surface area contributed by atoms with Gasteiger partial charge in [0.05, 0.1) is 6.54 Å². The first-order chi connectivity index (χ1) is 10.1. The fourth-order valence-corrected chi connectivity index (χ4v) is 2.31. The second kappa shape index (κ2) is 7.11. The van der Waals surface area contributed by atoms with Gasteiger partial charge in [0.25, 0.3) is 0 Å². The number of carbonyl (C=O) groups is 2. The van der Waals surface area contributed by atoms with Gasteiger partial charge in [-0.3, -0.25) is 9.59 Å². The van der Waals surface area contributed by atoms with Crippen molar-refractivity contribution in [3.05, 3.63) is 30.3 Å². The molecule has 1 atom stereocenters. The van der Waals surface area contributed by atoms with E-state index < -0.39 is 6.04 Å². The minimum Gasteiger partial charge on any atom is -0.492 e. The first-order valence-corrected chi connectivity index (χ1v) is 7.34. The number of carbonyl (C=O) groups excluding carboxylic acids is 2. The van der Waals surface area contributed by atoms with Gasteiger partial charge in [0, 0.05) is 13.0 Å². The Morgan fingerprint density at radius 3 is 2.67 bits per heavy atom. The van der Waals surface area contributed by atoms with E-state index >= 15 is 0 Å². The van der Waals surface area contributed by atoms with Crippen molar-refractivity contribution in [2.75, 3.05) is 19.7 Å². The Labute approximate surface area is 125 Å². The van der Waals surface area contributed by atoms with E-state index in [1.807, 2.05) is 44.2 Å². The molecule has 1 aromatic rings. The number of rotatable bonds is 5. The number of nitrogens with one attached hydrogen (secondary N) is 1. The van der Waals surface area contributed by atoms with Crippen LogP contribution < -0.4 is 10.1 Å². The summed E-state index contributed by atoms with van der Waals surface area (Å²) in [7, 11) is 0. The lowest BCUT2D eigenvalue weighted by molar-refractivity contribution is -0.135. The Bertz CT molecular complexity index is 488. The van der Waals surface area contributed by atoms with Gasteiger partial charge in [-0.1, -0.05) is 32.0 Å². The van der Waals surface area contributed by atoms with Crippen LogP contribution in [0.2, 0.25) is 0 Å². The summed E-state index contributed by atoms with van der Waals surface area (Å²) in [6.45, 7) is 5.24. The van der Waals surface area contributed by atoms with E-state index in [2.05, 4.69) is 5.32 Å². The Balaban J connectivity index is 1.91. The molecule has 1 fully saturated rings. The molecule has 1 N–H and O–H groups in total. The van der Waals surface area contributed by atoms with Crippen molar-refractivity contribution in [3.8, 4) is 5.75 Å². The third-order valence-electron chi connectivity index (χ3n) is 3.54. The molecule has 1 heterocycles. The van der Waals surface area contributed by atoms with Gasteiger partial charge in [-0.05, 0) is 18.1 Å². The van der Waals surface area contributed by atoms with Crippen molar-refractivity contribution in [2.24, 2.45) is 5.92 Å². The molecular weight excluding hydrogens is 268 g/mol. The third-order valence-corrected chi connectivity index (χ3v) is 3.54. The van der Waals surface area contributed by atoms with Gasteiger partial charge in [-0.25, -0.2) is 0 Å².